The van der Waals surface area contributed by atoms with Gasteiger partial charge in [-0.15, -0.1) is 11.4 Å². The Labute approximate surface area is 83.0 Å². The largest absolute Gasteiger partial charge is 0.475 e. The summed E-state index contributed by atoms with van der Waals surface area (Å²) >= 11 is 0. The first-order valence-electron chi connectivity index (χ1n) is 2.74. The quantitative estimate of drug-likeness (QED) is 0.495. The first kappa shape index (κ1) is 10.1. The first-order chi connectivity index (χ1) is 4.13. The summed E-state index contributed by atoms with van der Waals surface area (Å²) in [5.41, 5.74) is 18.3. The van der Waals surface area contributed by atoms with Gasteiger partial charge in [-0.25, -0.2) is 6.08 Å². The molecule has 0 fully saturated rings. The summed E-state index contributed by atoms with van der Waals surface area (Å²) < 4.78 is 0. The molecule has 1 rings (SSSR count). The zero-order chi connectivity index (χ0) is 7.02. The van der Waals surface area contributed by atoms with Gasteiger partial charge >= 0.3 is 0 Å². The molecular weight excluding hydrogens is 351 g/mol. The van der Waals surface area contributed by atoms with Crippen molar-refractivity contribution in [1.82, 2.24) is 0 Å². The van der Waals surface area contributed by atoms with Crippen molar-refractivity contribution in [2.75, 3.05) is 0 Å². The van der Waals surface area contributed by atoms with Crippen molar-refractivity contribution in [1.29, 1.82) is 0 Å². The predicted octanol–water partition coefficient (Wildman–Crippen LogP) is -0.794. The van der Waals surface area contributed by atoms with E-state index in [1.807, 2.05) is 6.92 Å². The van der Waals surface area contributed by atoms with E-state index in [4.69, 9.17) is 17.2 Å². The van der Waals surface area contributed by atoms with Crippen LogP contribution < -0.4 is 17.2 Å². The minimum atomic E-state index is -0.204. The summed E-state index contributed by atoms with van der Waals surface area (Å²) in [5, 5.41) is 0. The van der Waals surface area contributed by atoms with Crippen LogP contribution >= 0.6 is 0 Å². The molecule has 1 atom stereocenters. The van der Waals surface area contributed by atoms with Gasteiger partial charge in [-0.1, -0.05) is 6.92 Å². The molecule has 55 valence electrons. The summed E-state index contributed by atoms with van der Waals surface area (Å²) in [6.07, 6.45) is 2.84. The molecule has 3 nitrogen and oxygen atoms in total. The smallest absolute Gasteiger partial charge is 0 e. The van der Waals surface area contributed by atoms with E-state index in [1.165, 1.54) is 0 Å². The van der Waals surface area contributed by atoms with Gasteiger partial charge in [0.15, 0.2) is 0 Å². The molecule has 0 aromatic heterocycles. The van der Waals surface area contributed by atoms with Gasteiger partial charge in [0, 0.05) is 29.9 Å². The molecule has 1 aliphatic rings. The molecule has 0 bridgehead atoms. The Hall–Kier alpha value is 0.0530. The van der Waals surface area contributed by atoms with Gasteiger partial charge in [0.25, 0.3) is 0 Å². The maximum Gasteiger partial charge on any atom is 0 e. The Morgan fingerprint density at radius 1 is 1.40 bits per heavy atom. The van der Waals surface area contributed by atoms with E-state index in [0.717, 1.165) is 5.57 Å². The van der Waals surface area contributed by atoms with Crippen LogP contribution in [0, 0.1) is 36.0 Å². The van der Waals surface area contributed by atoms with Crippen LogP contribution in [0.25, 0.3) is 0 Å². The Kier molecular flexibility index (Phi) is 3.46. The predicted molar refractivity (Wildman–Crippen MR) is 35.8 cm³/mol. The van der Waals surface area contributed by atoms with Crippen molar-refractivity contribution in [3.63, 3.8) is 0 Å². The van der Waals surface area contributed by atoms with Crippen LogP contribution in [0.4, 0.5) is 0 Å². The Balaban J connectivity index is 0.000000810. The monoisotopic (exact) mass is 360 g/mol. The van der Waals surface area contributed by atoms with E-state index in [-0.39, 0.29) is 36.0 Å². The van der Waals surface area contributed by atoms with Gasteiger partial charge in [-0.05, 0) is 6.04 Å². The van der Waals surface area contributed by atoms with Crippen LogP contribution in [0.3, 0.4) is 0 Å². The normalized spacial score (nSPS) is 24.2. The fraction of sp³-hybridized carbons (Fsp3) is 0.333. The van der Waals surface area contributed by atoms with E-state index in [9.17, 15) is 0 Å². The molecule has 0 amide bonds. The van der Waals surface area contributed by atoms with Crippen LogP contribution in [-0.2, 0) is 0 Å². The molecular formula is C6H10N3Np-. The van der Waals surface area contributed by atoms with Crippen molar-refractivity contribution < 1.29 is 29.9 Å². The number of nitrogens with two attached hydrogens (primary N) is 3. The third kappa shape index (κ3) is 1.55. The molecule has 1 radical (unpaired) electrons. The Morgan fingerprint density at radius 3 is 2.00 bits per heavy atom. The van der Waals surface area contributed by atoms with Crippen LogP contribution in [0.1, 0.15) is 6.92 Å². The molecule has 0 aromatic carbocycles. The number of hydrogen-bond donors (Lipinski definition) is 3. The fourth-order valence-corrected chi connectivity index (χ4v) is 0.763. The Morgan fingerprint density at radius 2 is 1.90 bits per heavy atom. The second kappa shape index (κ2) is 3.45. The van der Waals surface area contributed by atoms with Gasteiger partial charge in [-0.3, -0.25) is 0 Å². The molecule has 0 saturated heterocycles. The number of allylic oxidation sites excluding steroid dienone is 1. The summed E-state index contributed by atoms with van der Waals surface area (Å²) in [7, 11) is 0. The van der Waals surface area contributed by atoms with Crippen LogP contribution in [0.2, 0.25) is 0 Å². The minimum Gasteiger partial charge on any atom is -0.475 e. The molecule has 0 saturated carbocycles. The standard InChI is InChI=1S/C6H10N3.Np/c1-3-2-4(7)6(9)5(3)8;/h5H,7-9H2,1H3;/q-1;. The molecule has 0 spiro atoms. The van der Waals surface area contributed by atoms with Crippen molar-refractivity contribution in [3.8, 4) is 0 Å². The van der Waals surface area contributed by atoms with Gasteiger partial charge in [0.05, 0.1) is 0 Å². The molecule has 0 aliphatic heterocycles. The van der Waals surface area contributed by atoms with Crippen molar-refractivity contribution in [3.05, 3.63) is 23.0 Å². The van der Waals surface area contributed by atoms with Crippen molar-refractivity contribution in [2.45, 2.75) is 13.0 Å². The SMILES string of the molecule is CC1=[C-]C(N)=C(N)C1N.[Np]. The summed E-state index contributed by atoms with van der Waals surface area (Å²) in [6, 6.07) is -0.204. The Bertz CT molecular complexity index is 195. The number of hydrogen-bond acceptors (Lipinski definition) is 3. The van der Waals surface area contributed by atoms with Gasteiger partial charge in [-0.2, -0.15) is 5.57 Å². The third-order valence-corrected chi connectivity index (χ3v) is 1.44. The zero-order valence-corrected chi connectivity index (χ0v) is 9.48. The van der Waals surface area contributed by atoms with Crippen molar-refractivity contribution in [2.24, 2.45) is 17.2 Å². The molecule has 0 aromatic rings. The number of rotatable bonds is 0. The van der Waals surface area contributed by atoms with E-state index in [1.54, 1.807) is 0 Å². The fourth-order valence-electron chi connectivity index (χ4n) is 0.763. The zero-order valence-electron chi connectivity index (χ0n) is 5.76. The molecule has 6 N–H and O–H groups in total. The summed E-state index contributed by atoms with van der Waals surface area (Å²) in [4.78, 5) is 0. The van der Waals surface area contributed by atoms with E-state index in [0.29, 0.717) is 11.4 Å². The average Bonchev–Trinajstić information content (AvgIpc) is 1.98. The third-order valence-electron chi connectivity index (χ3n) is 1.44. The first-order valence-corrected chi connectivity index (χ1v) is 2.74. The van der Waals surface area contributed by atoms with E-state index >= 15 is 0 Å². The average molecular weight is 361 g/mol. The maximum atomic E-state index is 5.55. The van der Waals surface area contributed by atoms with Crippen LogP contribution in [-0.4, -0.2) is 6.04 Å². The van der Waals surface area contributed by atoms with Crippen molar-refractivity contribution >= 4 is 0 Å². The molecule has 1 aliphatic carbocycles. The van der Waals surface area contributed by atoms with Crippen LogP contribution in [0.15, 0.2) is 17.0 Å². The maximum absolute atomic E-state index is 5.55. The second-order valence-electron chi connectivity index (χ2n) is 2.15. The molecule has 10 heavy (non-hydrogen) atoms. The minimum absolute atomic E-state index is 0. The summed E-state index contributed by atoms with van der Waals surface area (Å²) in [6.45, 7) is 1.86. The van der Waals surface area contributed by atoms with E-state index in [2.05, 4.69) is 6.08 Å². The molecule has 0 heterocycles. The second-order valence-corrected chi connectivity index (χ2v) is 2.15. The van der Waals surface area contributed by atoms with Gasteiger partial charge in [0.1, 0.15) is 0 Å². The van der Waals surface area contributed by atoms with E-state index < -0.39 is 0 Å². The van der Waals surface area contributed by atoms with Gasteiger partial charge < -0.3 is 17.2 Å². The summed E-state index contributed by atoms with van der Waals surface area (Å²) in [5.74, 6) is 0. The topological polar surface area (TPSA) is 78.1 Å². The molecule has 1 unspecified atom stereocenters. The molecule has 4 heteroatoms. The van der Waals surface area contributed by atoms with Crippen LogP contribution in [0.5, 0.6) is 0 Å². The van der Waals surface area contributed by atoms with Gasteiger partial charge in [0.2, 0.25) is 0 Å².